The summed E-state index contributed by atoms with van der Waals surface area (Å²) in [5.74, 6) is -0.0829. The first kappa shape index (κ1) is 22.1. The van der Waals surface area contributed by atoms with E-state index in [4.69, 9.17) is 0 Å². The molecule has 23 heavy (non-hydrogen) atoms. The van der Waals surface area contributed by atoms with E-state index in [9.17, 15) is 10.2 Å². The Hall–Kier alpha value is -0.860. The summed E-state index contributed by atoms with van der Waals surface area (Å²) in [5, 5.41) is 20.3. The predicted molar refractivity (Wildman–Crippen MR) is 101 cm³/mol. The van der Waals surface area contributed by atoms with Crippen LogP contribution in [-0.2, 0) is 6.42 Å². The van der Waals surface area contributed by atoms with Gasteiger partial charge in [-0.15, -0.1) is 0 Å². The molecule has 2 nitrogen and oxygen atoms in total. The third-order valence-corrected chi connectivity index (χ3v) is 4.22. The Morgan fingerprint density at radius 2 is 1.48 bits per heavy atom. The maximum atomic E-state index is 10.5. The van der Waals surface area contributed by atoms with Crippen molar-refractivity contribution < 1.29 is 10.2 Å². The van der Waals surface area contributed by atoms with Crippen molar-refractivity contribution >= 4 is 0 Å². The number of aryl methyl sites for hydroxylation is 1. The van der Waals surface area contributed by atoms with Crippen LogP contribution in [0.3, 0.4) is 0 Å². The summed E-state index contributed by atoms with van der Waals surface area (Å²) < 4.78 is 0. The molecule has 2 N–H and O–H groups in total. The van der Waals surface area contributed by atoms with Gasteiger partial charge in [0.1, 0.15) is 0 Å². The van der Waals surface area contributed by atoms with Crippen molar-refractivity contribution in [2.24, 2.45) is 16.7 Å². The normalized spacial score (nSPS) is 14.7. The van der Waals surface area contributed by atoms with Crippen LogP contribution in [-0.4, -0.2) is 22.9 Å². The number of benzene rings is 1. The van der Waals surface area contributed by atoms with E-state index in [1.54, 1.807) is 0 Å². The molecule has 0 bridgehead atoms. The molecular formula is C21H38O2. The number of hydrogen-bond donors (Lipinski definition) is 2. The number of rotatable bonds is 7. The van der Waals surface area contributed by atoms with Crippen molar-refractivity contribution in [1.82, 2.24) is 0 Å². The molecule has 0 aliphatic carbocycles. The summed E-state index contributed by atoms with van der Waals surface area (Å²) in [5.41, 5.74) is 1.35. The van der Waals surface area contributed by atoms with Gasteiger partial charge in [0.15, 0.2) is 0 Å². The Morgan fingerprint density at radius 1 is 0.957 bits per heavy atom. The van der Waals surface area contributed by atoms with E-state index in [0.717, 1.165) is 12.8 Å². The molecule has 134 valence electrons. The third kappa shape index (κ3) is 8.53. The van der Waals surface area contributed by atoms with Crippen LogP contribution in [0.25, 0.3) is 0 Å². The van der Waals surface area contributed by atoms with E-state index in [1.807, 2.05) is 32.0 Å². The SMILES string of the molecule is CC.CC(C)(C)CC(C)(C)[C@@H](CO)[C@H](O)CCc1ccccc1. The smallest absolute Gasteiger partial charge is 0.0598 e. The zero-order chi connectivity index (χ0) is 18.1. The summed E-state index contributed by atoms with van der Waals surface area (Å²) in [6.07, 6.45) is 2.06. The summed E-state index contributed by atoms with van der Waals surface area (Å²) in [4.78, 5) is 0. The van der Waals surface area contributed by atoms with Crippen LogP contribution in [0.1, 0.15) is 66.9 Å². The van der Waals surface area contributed by atoms with Crippen molar-refractivity contribution in [2.75, 3.05) is 6.61 Å². The standard InChI is InChI=1S/C19H32O2.C2H6/c1-18(2,3)14-19(4,5)16(13-20)17(21)12-11-15-9-7-6-8-10-15;1-2/h6-10,16-17,20-21H,11-14H2,1-5H3;1-2H3/t16-,17+;/m0./s1. The zero-order valence-corrected chi connectivity index (χ0v) is 16.3. The minimum absolute atomic E-state index is 0.0407. The van der Waals surface area contributed by atoms with Gasteiger partial charge < -0.3 is 10.2 Å². The van der Waals surface area contributed by atoms with Crippen molar-refractivity contribution in [3.05, 3.63) is 35.9 Å². The zero-order valence-electron chi connectivity index (χ0n) is 16.3. The molecule has 0 amide bonds. The van der Waals surface area contributed by atoms with Crippen molar-refractivity contribution in [2.45, 2.75) is 73.8 Å². The molecule has 0 radical (unpaired) electrons. The highest BCUT2D eigenvalue weighted by molar-refractivity contribution is 5.14. The van der Waals surface area contributed by atoms with E-state index in [-0.39, 0.29) is 23.4 Å². The van der Waals surface area contributed by atoms with Crippen molar-refractivity contribution in [3.8, 4) is 0 Å². The first-order valence-electron chi connectivity index (χ1n) is 8.98. The fourth-order valence-electron chi connectivity index (χ4n) is 3.55. The van der Waals surface area contributed by atoms with Crippen molar-refractivity contribution in [3.63, 3.8) is 0 Å². The molecule has 0 aromatic heterocycles. The molecule has 1 aromatic rings. The van der Waals surface area contributed by atoms with Gasteiger partial charge in [-0.2, -0.15) is 0 Å². The van der Waals surface area contributed by atoms with Gasteiger partial charge in [-0.05, 0) is 35.7 Å². The lowest BCUT2D eigenvalue weighted by molar-refractivity contribution is -0.0225. The van der Waals surface area contributed by atoms with Crippen LogP contribution in [0.4, 0.5) is 0 Å². The lowest BCUT2D eigenvalue weighted by atomic mass is 9.67. The largest absolute Gasteiger partial charge is 0.396 e. The van der Waals surface area contributed by atoms with E-state index >= 15 is 0 Å². The lowest BCUT2D eigenvalue weighted by Gasteiger charge is -2.40. The first-order valence-corrected chi connectivity index (χ1v) is 8.98. The summed E-state index contributed by atoms with van der Waals surface area (Å²) in [7, 11) is 0. The van der Waals surface area contributed by atoms with Crippen LogP contribution >= 0.6 is 0 Å². The second kappa shape index (κ2) is 10.1. The first-order chi connectivity index (χ1) is 10.7. The minimum Gasteiger partial charge on any atom is -0.396 e. The highest BCUT2D eigenvalue weighted by atomic mass is 16.3. The quantitative estimate of drug-likeness (QED) is 0.735. The molecule has 1 rings (SSSR count). The van der Waals surface area contributed by atoms with Gasteiger partial charge in [0.05, 0.1) is 6.10 Å². The van der Waals surface area contributed by atoms with E-state index in [1.165, 1.54) is 5.56 Å². The van der Waals surface area contributed by atoms with Gasteiger partial charge in [0.25, 0.3) is 0 Å². The van der Waals surface area contributed by atoms with Crippen LogP contribution in [0.15, 0.2) is 30.3 Å². The maximum Gasteiger partial charge on any atom is 0.0598 e. The average Bonchev–Trinajstić information content (AvgIpc) is 2.46. The van der Waals surface area contributed by atoms with Gasteiger partial charge in [-0.1, -0.05) is 78.8 Å². The average molecular weight is 323 g/mol. The second-order valence-electron chi connectivity index (χ2n) is 8.11. The van der Waals surface area contributed by atoms with Gasteiger partial charge in [-0.3, -0.25) is 0 Å². The van der Waals surface area contributed by atoms with E-state index in [2.05, 4.69) is 46.8 Å². The van der Waals surface area contributed by atoms with Crippen LogP contribution in [0.5, 0.6) is 0 Å². The Bertz CT molecular complexity index is 404. The molecule has 0 heterocycles. The summed E-state index contributed by atoms with van der Waals surface area (Å²) in [6.45, 7) is 15.0. The molecule has 1 aromatic carbocycles. The van der Waals surface area contributed by atoms with E-state index < -0.39 is 6.10 Å². The van der Waals surface area contributed by atoms with Gasteiger partial charge in [-0.25, -0.2) is 0 Å². The van der Waals surface area contributed by atoms with Gasteiger partial charge in [0.2, 0.25) is 0 Å². The lowest BCUT2D eigenvalue weighted by Crippen LogP contribution is -2.39. The molecule has 2 heteroatoms. The topological polar surface area (TPSA) is 40.5 Å². The summed E-state index contributed by atoms with van der Waals surface area (Å²) in [6, 6.07) is 10.2. The molecule has 0 saturated heterocycles. The summed E-state index contributed by atoms with van der Waals surface area (Å²) >= 11 is 0. The molecule has 0 saturated carbocycles. The molecular weight excluding hydrogens is 284 g/mol. The Labute approximate surface area is 143 Å². The predicted octanol–water partition coefficient (Wildman–Crippen LogP) is 5.08. The monoisotopic (exact) mass is 322 g/mol. The molecule has 0 fully saturated rings. The molecule has 0 spiro atoms. The fourth-order valence-corrected chi connectivity index (χ4v) is 3.55. The van der Waals surface area contributed by atoms with Gasteiger partial charge in [0, 0.05) is 12.5 Å². The highest BCUT2D eigenvalue weighted by Gasteiger charge is 2.37. The minimum atomic E-state index is -0.465. The second-order valence-corrected chi connectivity index (χ2v) is 8.11. The molecule has 0 unspecified atom stereocenters. The van der Waals surface area contributed by atoms with Crippen LogP contribution in [0.2, 0.25) is 0 Å². The van der Waals surface area contributed by atoms with E-state index in [0.29, 0.717) is 6.42 Å². The Kier molecular flexibility index (Phi) is 9.72. The van der Waals surface area contributed by atoms with Crippen molar-refractivity contribution in [1.29, 1.82) is 0 Å². The Balaban J connectivity index is 0.00000232. The van der Waals surface area contributed by atoms with Crippen LogP contribution < -0.4 is 0 Å². The molecule has 2 atom stereocenters. The van der Waals surface area contributed by atoms with Crippen LogP contribution in [0, 0.1) is 16.7 Å². The maximum absolute atomic E-state index is 10.5. The molecule has 0 aliphatic rings. The number of aliphatic hydroxyl groups excluding tert-OH is 2. The number of aliphatic hydroxyl groups is 2. The van der Waals surface area contributed by atoms with Gasteiger partial charge >= 0.3 is 0 Å². The third-order valence-electron chi connectivity index (χ3n) is 4.22. The highest BCUT2D eigenvalue weighted by Crippen LogP contribution is 2.41. The number of hydrogen-bond acceptors (Lipinski definition) is 2. The fraction of sp³-hybridized carbons (Fsp3) is 0.714. The molecule has 0 aliphatic heterocycles. The Morgan fingerprint density at radius 3 is 1.91 bits per heavy atom.